The van der Waals surface area contributed by atoms with E-state index in [2.05, 4.69) is 27.5 Å². The van der Waals surface area contributed by atoms with Gasteiger partial charge in [-0.3, -0.25) is 0 Å². The molecule has 0 spiro atoms. The normalized spacial score (nSPS) is 14.4. The van der Waals surface area contributed by atoms with Crippen molar-refractivity contribution < 1.29 is 4.74 Å². The number of hydrogen-bond donors (Lipinski definition) is 2. The van der Waals surface area contributed by atoms with Crippen LogP contribution in [0.2, 0.25) is 5.02 Å². The Hall–Kier alpha value is -1.07. The maximum atomic E-state index is 6.05. The van der Waals surface area contributed by atoms with Crippen LogP contribution in [0.5, 0.6) is 0 Å². The molecule has 1 aliphatic carbocycles. The molecule has 0 amide bonds. The molecule has 1 aromatic heterocycles. The molecule has 1 heterocycles. The molecular weight excluding hydrogens is 264 g/mol. The van der Waals surface area contributed by atoms with Crippen molar-refractivity contribution in [2.75, 3.05) is 36.9 Å². The summed E-state index contributed by atoms with van der Waals surface area (Å²) < 4.78 is 5.55. The summed E-state index contributed by atoms with van der Waals surface area (Å²) >= 11 is 6.05. The number of rotatable bonds is 9. The highest BCUT2D eigenvalue weighted by molar-refractivity contribution is 6.32. The van der Waals surface area contributed by atoms with Crippen molar-refractivity contribution in [3.05, 3.63) is 11.2 Å². The van der Waals surface area contributed by atoms with Gasteiger partial charge < -0.3 is 15.4 Å². The summed E-state index contributed by atoms with van der Waals surface area (Å²) in [6, 6.07) is 0. The second kappa shape index (κ2) is 7.50. The molecule has 2 N–H and O–H groups in total. The quantitative estimate of drug-likeness (QED) is 0.683. The van der Waals surface area contributed by atoms with Crippen molar-refractivity contribution >= 4 is 23.4 Å². The van der Waals surface area contributed by atoms with Gasteiger partial charge in [0.25, 0.3) is 0 Å². The summed E-state index contributed by atoms with van der Waals surface area (Å²) in [5.74, 6) is 2.06. The fourth-order valence-corrected chi connectivity index (χ4v) is 1.75. The summed E-state index contributed by atoms with van der Waals surface area (Å²) in [7, 11) is 0. The summed E-state index contributed by atoms with van der Waals surface area (Å²) in [5.41, 5.74) is 0. The molecule has 106 valence electrons. The monoisotopic (exact) mass is 284 g/mol. The Morgan fingerprint density at radius 2 is 2.21 bits per heavy atom. The molecule has 1 aromatic rings. The number of nitrogens with one attached hydrogen (secondary N) is 2. The Labute approximate surface area is 119 Å². The van der Waals surface area contributed by atoms with E-state index < -0.39 is 0 Å². The van der Waals surface area contributed by atoms with Crippen LogP contribution in [0.3, 0.4) is 0 Å². The van der Waals surface area contributed by atoms with Crippen LogP contribution in [0.4, 0.5) is 11.8 Å². The number of nitrogens with zero attached hydrogens (tertiary/aromatic N) is 2. The van der Waals surface area contributed by atoms with Gasteiger partial charge in [-0.15, -0.1) is 0 Å². The van der Waals surface area contributed by atoms with Gasteiger partial charge in [-0.2, -0.15) is 4.98 Å². The summed E-state index contributed by atoms with van der Waals surface area (Å²) in [6.07, 6.45) is 5.28. The Morgan fingerprint density at radius 1 is 1.37 bits per heavy atom. The average Bonchev–Trinajstić information content (AvgIpc) is 3.23. The predicted octanol–water partition coefficient (Wildman–Crippen LogP) is 2.79. The second-order valence-corrected chi connectivity index (χ2v) is 5.17. The Kier molecular flexibility index (Phi) is 5.66. The molecule has 2 rings (SSSR count). The van der Waals surface area contributed by atoms with Crippen molar-refractivity contribution in [3.8, 4) is 0 Å². The maximum absolute atomic E-state index is 6.05. The van der Waals surface area contributed by atoms with Crippen molar-refractivity contribution in [3.63, 3.8) is 0 Å². The Morgan fingerprint density at radius 3 is 2.95 bits per heavy atom. The molecule has 5 nitrogen and oxygen atoms in total. The molecule has 0 unspecified atom stereocenters. The highest BCUT2D eigenvalue weighted by atomic mass is 35.5. The Balaban J connectivity index is 1.73. The minimum Gasteiger partial charge on any atom is -0.379 e. The first-order valence-electron chi connectivity index (χ1n) is 6.87. The van der Waals surface area contributed by atoms with Gasteiger partial charge in [-0.1, -0.05) is 18.5 Å². The number of anilines is 2. The van der Waals surface area contributed by atoms with E-state index in [9.17, 15) is 0 Å². The van der Waals surface area contributed by atoms with E-state index in [0.717, 1.165) is 25.5 Å². The van der Waals surface area contributed by atoms with Crippen molar-refractivity contribution in [2.24, 2.45) is 5.92 Å². The third-order valence-corrected chi connectivity index (χ3v) is 3.14. The smallest absolute Gasteiger partial charge is 0.224 e. The lowest BCUT2D eigenvalue weighted by atomic mass is 10.5. The lowest BCUT2D eigenvalue weighted by Gasteiger charge is -2.09. The third kappa shape index (κ3) is 5.20. The van der Waals surface area contributed by atoms with Crippen LogP contribution >= 0.6 is 11.6 Å². The SMILES string of the molecule is CCCNc1ncc(Cl)c(NCCOCC2CC2)n1. The standard InChI is InChI=1S/C13H21ClN4O/c1-2-5-16-13-17-8-11(14)12(18-13)15-6-7-19-9-10-3-4-10/h8,10H,2-7,9H2,1H3,(H2,15,16,17,18). The second-order valence-electron chi connectivity index (χ2n) is 4.76. The first kappa shape index (κ1) is 14.3. The van der Waals surface area contributed by atoms with Gasteiger partial charge in [0.05, 0.1) is 12.8 Å². The maximum Gasteiger partial charge on any atom is 0.224 e. The first-order valence-corrected chi connectivity index (χ1v) is 7.25. The topological polar surface area (TPSA) is 59.1 Å². The van der Waals surface area contributed by atoms with Crippen LogP contribution in [0, 0.1) is 5.92 Å². The van der Waals surface area contributed by atoms with Gasteiger partial charge in [-0.05, 0) is 25.2 Å². The third-order valence-electron chi connectivity index (χ3n) is 2.87. The van der Waals surface area contributed by atoms with Crippen LogP contribution in [0.15, 0.2) is 6.20 Å². The van der Waals surface area contributed by atoms with Crippen LogP contribution < -0.4 is 10.6 Å². The van der Waals surface area contributed by atoms with E-state index in [4.69, 9.17) is 16.3 Å². The number of hydrogen-bond acceptors (Lipinski definition) is 5. The highest BCUT2D eigenvalue weighted by Crippen LogP contribution is 2.28. The summed E-state index contributed by atoms with van der Waals surface area (Å²) in [4.78, 5) is 8.46. The fraction of sp³-hybridized carbons (Fsp3) is 0.692. The highest BCUT2D eigenvalue weighted by Gasteiger charge is 2.20. The van der Waals surface area contributed by atoms with Crippen molar-refractivity contribution in [1.29, 1.82) is 0 Å². The zero-order valence-electron chi connectivity index (χ0n) is 11.3. The van der Waals surface area contributed by atoms with Gasteiger partial charge in [0, 0.05) is 19.7 Å². The van der Waals surface area contributed by atoms with Gasteiger partial charge in [0.1, 0.15) is 5.02 Å². The molecular formula is C13H21ClN4O. The van der Waals surface area contributed by atoms with Gasteiger partial charge in [0.15, 0.2) is 5.82 Å². The number of ether oxygens (including phenoxy) is 1. The zero-order chi connectivity index (χ0) is 13.5. The lowest BCUT2D eigenvalue weighted by Crippen LogP contribution is -2.13. The van der Waals surface area contributed by atoms with E-state index >= 15 is 0 Å². The first-order chi connectivity index (χ1) is 9.29. The van der Waals surface area contributed by atoms with Gasteiger partial charge in [0.2, 0.25) is 5.95 Å². The molecule has 0 saturated heterocycles. The van der Waals surface area contributed by atoms with E-state index in [1.54, 1.807) is 6.20 Å². The molecule has 0 aliphatic heterocycles. The molecule has 0 aromatic carbocycles. The molecule has 0 bridgehead atoms. The number of halogens is 1. The van der Waals surface area contributed by atoms with Crippen LogP contribution in [0.1, 0.15) is 26.2 Å². The Bertz CT molecular complexity index is 398. The molecule has 1 aliphatic rings. The molecule has 0 radical (unpaired) electrons. The predicted molar refractivity (Wildman–Crippen MR) is 77.9 cm³/mol. The van der Waals surface area contributed by atoms with Gasteiger partial charge >= 0.3 is 0 Å². The lowest BCUT2D eigenvalue weighted by molar-refractivity contribution is 0.134. The molecule has 0 atom stereocenters. The van der Waals surface area contributed by atoms with Crippen molar-refractivity contribution in [1.82, 2.24) is 9.97 Å². The van der Waals surface area contributed by atoms with Crippen LogP contribution in [0.25, 0.3) is 0 Å². The zero-order valence-corrected chi connectivity index (χ0v) is 12.0. The molecule has 1 fully saturated rings. The minimum atomic E-state index is 0.532. The van der Waals surface area contributed by atoms with Crippen LogP contribution in [-0.4, -0.2) is 36.3 Å². The summed E-state index contributed by atoms with van der Waals surface area (Å²) in [5, 5.41) is 6.84. The van der Waals surface area contributed by atoms with E-state index in [-0.39, 0.29) is 0 Å². The minimum absolute atomic E-state index is 0.532. The molecule has 1 saturated carbocycles. The fourth-order valence-electron chi connectivity index (χ4n) is 1.59. The molecule has 19 heavy (non-hydrogen) atoms. The van der Waals surface area contributed by atoms with Gasteiger partial charge in [-0.25, -0.2) is 4.98 Å². The molecule has 6 heteroatoms. The largest absolute Gasteiger partial charge is 0.379 e. The van der Waals surface area contributed by atoms with Crippen LogP contribution in [-0.2, 0) is 4.74 Å². The van der Waals surface area contributed by atoms with E-state index in [0.29, 0.717) is 29.9 Å². The average molecular weight is 285 g/mol. The number of aromatic nitrogens is 2. The van der Waals surface area contributed by atoms with E-state index in [1.807, 2.05) is 0 Å². The van der Waals surface area contributed by atoms with Crippen molar-refractivity contribution in [2.45, 2.75) is 26.2 Å². The van der Waals surface area contributed by atoms with E-state index in [1.165, 1.54) is 12.8 Å². The summed E-state index contributed by atoms with van der Waals surface area (Å²) in [6.45, 7) is 5.21.